The van der Waals surface area contributed by atoms with Crippen molar-refractivity contribution in [1.82, 2.24) is 20.1 Å². The molecule has 8 nitrogen and oxygen atoms in total. The smallest absolute Gasteiger partial charge is 0.318 e. The summed E-state index contributed by atoms with van der Waals surface area (Å²) in [5, 5.41) is 9.58. The minimum Gasteiger partial charge on any atom is -0.379 e. The topological polar surface area (TPSA) is 77.5 Å². The number of benzene rings is 2. The molecule has 0 radical (unpaired) electrons. The molecule has 0 aromatic heterocycles. The van der Waals surface area contributed by atoms with Gasteiger partial charge in [-0.1, -0.05) is 41.9 Å². The Balaban J connectivity index is 1.58. The van der Waals surface area contributed by atoms with Crippen LogP contribution in [0.4, 0.5) is 9.18 Å². The number of morpholine rings is 1. The van der Waals surface area contributed by atoms with E-state index in [0.717, 1.165) is 24.2 Å². The van der Waals surface area contributed by atoms with Crippen LogP contribution in [0, 0.1) is 5.82 Å². The van der Waals surface area contributed by atoms with E-state index < -0.39 is 11.6 Å². The number of rotatable bonds is 7. The molecule has 2 aromatic rings. The van der Waals surface area contributed by atoms with Gasteiger partial charge in [-0.15, -0.1) is 0 Å². The second-order valence-electron chi connectivity index (χ2n) is 10.6. The van der Waals surface area contributed by atoms with Gasteiger partial charge in [-0.05, 0) is 50.1 Å². The molecule has 3 amide bonds. The summed E-state index contributed by atoms with van der Waals surface area (Å²) in [6.07, 6.45) is 0.420. The van der Waals surface area contributed by atoms with E-state index in [-0.39, 0.29) is 24.3 Å². The van der Waals surface area contributed by atoms with Gasteiger partial charge in [-0.3, -0.25) is 9.69 Å². The number of hydrazone groups is 1. The van der Waals surface area contributed by atoms with Crippen LogP contribution in [0.15, 0.2) is 53.6 Å². The number of carbonyl (C=O) groups is 2. The third-order valence-corrected chi connectivity index (χ3v) is 6.84. The van der Waals surface area contributed by atoms with Gasteiger partial charge in [0.15, 0.2) is 0 Å². The van der Waals surface area contributed by atoms with Crippen LogP contribution in [0.3, 0.4) is 0 Å². The van der Waals surface area contributed by atoms with Crippen molar-refractivity contribution in [2.24, 2.45) is 5.10 Å². The fraction of sp³-hybridized carbons (Fsp3) is 0.464. The van der Waals surface area contributed by atoms with Crippen molar-refractivity contribution in [2.75, 3.05) is 45.9 Å². The van der Waals surface area contributed by atoms with E-state index in [0.29, 0.717) is 43.5 Å². The minimum absolute atomic E-state index is 0.145. The standard InChI is InChI=1S/C28H35ClFN5O3/c1-28(2,3)31-27(37)34(13-12-33-14-16-38-17-15-33)19-26(36)35-25(22-6-4-5-7-23(22)29)18-24(32-35)20-8-10-21(30)11-9-20/h4-11,25H,12-19H2,1-3H3,(H,31,37)/t25-/m1/s1. The second-order valence-corrected chi connectivity index (χ2v) is 11.0. The maximum Gasteiger partial charge on any atom is 0.318 e. The van der Waals surface area contributed by atoms with Crippen LogP contribution in [-0.2, 0) is 9.53 Å². The van der Waals surface area contributed by atoms with Gasteiger partial charge in [0, 0.05) is 43.2 Å². The molecule has 1 atom stereocenters. The molecule has 0 unspecified atom stereocenters. The molecular formula is C28H35ClFN5O3. The van der Waals surface area contributed by atoms with Gasteiger partial charge in [0.1, 0.15) is 12.4 Å². The highest BCUT2D eigenvalue weighted by atomic mass is 35.5. The lowest BCUT2D eigenvalue weighted by molar-refractivity contribution is -0.133. The first-order valence-electron chi connectivity index (χ1n) is 12.9. The van der Waals surface area contributed by atoms with Crippen molar-refractivity contribution in [1.29, 1.82) is 0 Å². The van der Waals surface area contributed by atoms with Gasteiger partial charge in [0.25, 0.3) is 5.91 Å². The predicted molar refractivity (Wildman–Crippen MR) is 146 cm³/mol. The number of urea groups is 1. The van der Waals surface area contributed by atoms with Crippen molar-refractivity contribution >= 4 is 29.3 Å². The van der Waals surface area contributed by atoms with Crippen molar-refractivity contribution < 1.29 is 18.7 Å². The first-order valence-corrected chi connectivity index (χ1v) is 13.3. The molecule has 10 heteroatoms. The molecule has 2 aromatic carbocycles. The Morgan fingerprint density at radius 3 is 2.47 bits per heavy atom. The predicted octanol–water partition coefficient (Wildman–Crippen LogP) is 4.30. The van der Waals surface area contributed by atoms with E-state index in [1.54, 1.807) is 18.2 Å². The number of nitrogens with one attached hydrogen (secondary N) is 1. The van der Waals surface area contributed by atoms with E-state index in [2.05, 4.69) is 15.3 Å². The van der Waals surface area contributed by atoms with E-state index in [4.69, 9.17) is 16.3 Å². The van der Waals surface area contributed by atoms with Crippen LogP contribution >= 0.6 is 11.6 Å². The summed E-state index contributed by atoms with van der Waals surface area (Å²) in [5.41, 5.74) is 1.69. The number of ether oxygens (including phenoxy) is 1. The van der Waals surface area contributed by atoms with Crippen molar-refractivity contribution in [2.45, 2.75) is 38.8 Å². The Morgan fingerprint density at radius 1 is 1.13 bits per heavy atom. The van der Waals surface area contributed by atoms with Crippen LogP contribution in [0.1, 0.15) is 44.4 Å². The monoisotopic (exact) mass is 543 g/mol. The van der Waals surface area contributed by atoms with Crippen molar-refractivity contribution in [3.63, 3.8) is 0 Å². The Kier molecular flexibility index (Phi) is 9.02. The zero-order valence-corrected chi connectivity index (χ0v) is 22.9. The number of halogens is 2. The van der Waals surface area contributed by atoms with Crippen molar-refractivity contribution in [3.05, 3.63) is 70.5 Å². The third kappa shape index (κ3) is 7.30. The van der Waals surface area contributed by atoms with Gasteiger partial charge >= 0.3 is 6.03 Å². The summed E-state index contributed by atoms with van der Waals surface area (Å²) >= 11 is 6.52. The lowest BCUT2D eigenvalue weighted by Crippen LogP contribution is -2.53. The molecule has 38 heavy (non-hydrogen) atoms. The van der Waals surface area contributed by atoms with Gasteiger partial charge in [0.2, 0.25) is 0 Å². The Morgan fingerprint density at radius 2 is 1.82 bits per heavy atom. The molecule has 0 aliphatic carbocycles. The first kappa shape index (κ1) is 28.0. The fourth-order valence-corrected chi connectivity index (χ4v) is 4.78. The molecule has 204 valence electrons. The van der Waals surface area contributed by atoms with Crippen LogP contribution in [0.2, 0.25) is 5.02 Å². The first-order chi connectivity index (χ1) is 18.1. The summed E-state index contributed by atoms with van der Waals surface area (Å²) in [7, 11) is 0. The largest absolute Gasteiger partial charge is 0.379 e. The molecule has 4 rings (SSSR count). The van der Waals surface area contributed by atoms with Crippen molar-refractivity contribution in [3.8, 4) is 0 Å². The molecule has 2 aliphatic heterocycles. The molecule has 0 bridgehead atoms. The molecule has 2 heterocycles. The quantitative estimate of drug-likeness (QED) is 0.565. The number of carbonyl (C=O) groups excluding carboxylic acids is 2. The summed E-state index contributed by atoms with van der Waals surface area (Å²) in [4.78, 5) is 30.7. The summed E-state index contributed by atoms with van der Waals surface area (Å²) in [6, 6.07) is 12.6. The fourth-order valence-electron chi connectivity index (χ4n) is 4.52. The number of hydrogen-bond donors (Lipinski definition) is 1. The normalized spacial score (nSPS) is 18.3. The Bertz CT molecular complexity index is 1160. The van der Waals surface area contributed by atoms with E-state index >= 15 is 0 Å². The van der Waals surface area contributed by atoms with Gasteiger partial charge in [-0.2, -0.15) is 5.10 Å². The molecule has 0 spiro atoms. The lowest BCUT2D eigenvalue weighted by Gasteiger charge is -2.33. The average Bonchev–Trinajstić information content (AvgIpc) is 3.32. The molecule has 2 aliphatic rings. The van der Waals surface area contributed by atoms with Gasteiger partial charge < -0.3 is 15.0 Å². The molecule has 1 N–H and O–H groups in total. The Labute approximate surface area is 228 Å². The molecule has 1 saturated heterocycles. The highest BCUT2D eigenvalue weighted by molar-refractivity contribution is 6.31. The Hall–Kier alpha value is -3.01. The zero-order valence-electron chi connectivity index (χ0n) is 22.1. The minimum atomic E-state index is -0.459. The number of hydrogen-bond acceptors (Lipinski definition) is 5. The summed E-state index contributed by atoms with van der Waals surface area (Å²) in [5.74, 6) is -0.665. The number of amides is 3. The summed E-state index contributed by atoms with van der Waals surface area (Å²) in [6.45, 7) is 9.46. The van der Waals surface area contributed by atoms with Crippen LogP contribution in [-0.4, -0.2) is 83.9 Å². The second kappa shape index (κ2) is 12.2. The molecule has 0 saturated carbocycles. The van der Waals surface area contributed by atoms with Crippen LogP contribution in [0.25, 0.3) is 0 Å². The SMILES string of the molecule is CC(C)(C)NC(=O)N(CCN1CCOCC1)CC(=O)N1N=C(c2ccc(F)cc2)C[C@@H]1c1ccccc1Cl. The maximum atomic E-state index is 13.8. The molecular weight excluding hydrogens is 509 g/mol. The average molecular weight is 544 g/mol. The van der Waals surface area contributed by atoms with E-state index in [1.807, 2.05) is 39.0 Å². The van der Waals surface area contributed by atoms with Crippen LogP contribution < -0.4 is 5.32 Å². The number of nitrogens with zero attached hydrogens (tertiary/aromatic N) is 4. The lowest BCUT2D eigenvalue weighted by atomic mass is 9.98. The highest BCUT2D eigenvalue weighted by Crippen LogP contribution is 2.36. The van der Waals surface area contributed by atoms with Crippen LogP contribution in [0.5, 0.6) is 0 Å². The molecule has 1 fully saturated rings. The van der Waals surface area contributed by atoms with Gasteiger partial charge in [0.05, 0.1) is 25.0 Å². The third-order valence-electron chi connectivity index (χ3n) is 6.49. The van der Waals surface area contributed by atoms with E-state index in [9.17, 15) is 14.0 Å². The summed E-state index contributed by atoms with van der Waals surface area (Å²) < 4.78 is 19.0. The van der Waals surface area contributed by atoms with Gasteiger partial charge in [-0.25, -0.2) is 14.2 Å². The highest BCUT2D eigenvalue weighted by Gasteiger charge is 2.35. The zero-order chi connectivity index (χ0) is 27.3. The maximum absolute atomic E-state index is 13.8. The van der Waals surface area contributed by atoms with E-state index in [1.165, 1.54) is 22.0 Å².